The predicted molar refractivity (Wildman–Crippen MR) is 75.9 cm³/mol. The van der Waals surface area contributed by atoms with Crippen LogP contribution < -0.4 is 5.32 Å². The van der Waals surface area contributed by atoms with Gasteiger partial charge in [0.1, 0.15) is 5.01 Å². The SMILES string of the molecule is C=CCN(C(=O)NC(C)c1nc(C(=O)O)cs1)C1CC1. The average molecular weight is 295 g/mol. The topological polar surface area (TPSA) is 82.5 Å². The van der Waals surface area contributed by atoms with Gasteiger partial charge in [0.25, 0.3) is 0 Å². The Morgan fingerprint density at radius 2 is 2.40 bits per heavy atom. The molecule has 1 aliphatic rings. The lowest BCUT2D eigenvalue weighted by atomic mass is 10.3. The van der Waals surface area contributed by atoms with Crippen molar-refractivity contribution >= 4 is 23.3 Å². The maximum Gasteiger partial charge on any atom is 0.355 e. The van der Waals surface area contributed by atoms with Crippen LogP contribution in [0, 0.1) is 0 Å². The first-order valence-corrected chi connectivity index (χ1v) is 7.27. The molecular formula is C13H17N3O3S. The number of nitrogens with zero attached hydrogens (tertiary/aromatic N) is 2. The van der Waals surface area contributed by atoms with Gasteiger partial charge in [-0.25, -0.2) is 14.6 Å². The third-order valence-electron chi connectivity index (χ3n) is 3.03. The van der Waals surface area contributed by atoms with Gasteiger partial charge in [-0.1, -0.05) is 6.08 Å². The van der Waals surface area contributed by atoms with E-state index >= 15 is 0 Å². The zero-order valence-corrected chi connectivity index (χ0v) is 12.0. The highest BCUT2D eigenvalue weighted by atomic mass is 32.1. The van der Waals surface area contributed by atoms with Crippen molar-refractivity contribution < 1.29 is 14.7 Å². The summed E-state index contributed by atoms with van der Waals surface area (Å²) in [6.45, 7) is 5.96. The number of nitrogens with one attached hydrogen (secondary N) is 1. The number of rotatable bonds is 6. The van der Waals surface area contributed by atoms with Gasteiger partial charge in [0.15, 0.2) is 5.69 Å². The van der Waals surface area contributed by atoms with E-state index in [0.717, 1.165) is 12.8 Å². The van der Waals surface area contributed by atoms with Crippen LogP contribution in [-0.2, 0) is 0 Å². The first kappa shape index (κ1) is 14.5. The number of amides is 2. The average Bonchev–Trinajstić information content (AvgIpc) is 3.10. The molecule has 2 amide bonds. The van der Waals surface area contributed by atoms with Gasteiger partial charge in [-0.05, 0) is 19.8 Å². The van der Waals surface area contributed by atoms with Crippen LogP contribution in [0.3, 0.4) is 0 Å². The minimum atomic E-state index is -1.06. The lowest BCUT2D eigenvalue weighted by Gasteiger charge is -2.23. The summed E-state index contributed by atoms with van der Waals surface area (Å²) < 4.78 is 0. The number of urea groups is 1. The van der Waals surface area contributed by atoms with Crippen molar-refractivity contribution in [1.29, 1.82) is 0 Å². The number of aromatic carboxylic acids is 1. The van der Waals surface area contributed by atoms with Crippen LogP contribution >= 0.6 is 11.3 Å². The summed E-state index contributed by atoms with van der Waals surface area (Å²) in [4.78, 5) is 28.7. The fourth-order valence-electron chi connectivity index (χ4n) is 1.84. The van der Waals surface area contributed by atoms with Crippen molar-refractivity contribution in [3.8, 4) is 0 Å². The molecule has 1 aromatic heterocycles. The van der Waals surface area contributed by atoms with E-state index in [1.165, 1.54) is 16.7 Å². The first-order chi connectivity index (χ1) is 9.52. The Hall–Kier alpha value is -1.89. The standard InChI is InChI=1S/C13H17N3O3S/c1-3-6-16(9-4-5-9)13(19)14-8(2)11-15-10(7-20-11)12(17)18/h3,7-9H,1,4-6H2,2H3,(H,14,19)(H,17,18). The minimum Gasteiger partial charge on any atom is -0.476 e. The second kappa shape index (κ2) is 6.04. The van der Waals surface area contributed by atoms with Crippen molar-refractivity contribution in [2.75, 3.05) is 6.54 Å². The van der Waals surface area contributed by atoms with E-state index in [1.807, 2.05) is 0 Å². The summed E-state index contributed by atoms with van der Waals surface area (Å²) in [6.07, 6.45) is 3.75. The van der Waals surface area contributed by atoms with Crippen molar-refractivity contribution in [1.82, 2.24) is 15.2 Å². The molecule has 1 unspecified atom stereocenters. The smallest absolute Gasteiger partial charge is 0.355 e. The normalized spacial score (nSPS) is 15.4. The molecule has 108 valence electrons. The number of carbonyl (C=O) groups excluding carboxylic acids is 1. The van der Waals surface area contributed by atoms with E-state index in [-0.39, 0.29) is 17.8 Å². The highest BCUT2D eigenvalue weighted by Crippen LogP contribution is 2.27. The maximum atomic E-state index is 12.2. The lowest BCUT2D eigenvalue weighted by Crippen LogP contribution is -2.42. The summed E-state index contributed by atoms with van der Waals surface area (Å²) in [5, 5.41) is 13.8. The quantitative estimate of drug-likeness (QED) is 0.789. The largest absolute Gasteiger partial charge is 0.476 e. The van der Waals surface area contributed by atoms with Gasteiger partial charge in [0, 0.05) is 18.0 Å². The van der Waals surface area contributed by atoms with Gasteiger partial charge < -0.3 is 15.3 Å². The Labute approximate surface area is 121 Å². The number of carboxylic acids is 1. The summed E-state index contributed by atoms with van der Waals surface area (Å²) in [5.41, 5.74) is 0.0104. The Kier molecular flexibility index (Phi) is 4.39. The van der Waals surface area contributed by atoms with E-state index < -0.39 is 5.97 Å². The van der Waals surface area contributed by atoms with Crippen LogP contribution in [0.1, 0.15) is 41.3 Å². The van der Waals surface area contributed by atoms with Gasteiger partial charge in [0.05, 0.1) is 6.04 Å². The van der Waals surface area contributed by atoms with Gasteiger partial charge in [-0.2, -0.15) is 0 Å². The molecule has 0 aromatic carbocycles. The highest BCUT2D eigenvalue weighted by molar-refractivity contribution is 7.09. The molecule has 1 atom stereocenters. The molecule has 2 N–H and O–H groups in total. The van der Waals surface area contributed by atoms with E-state index in [1.54, 1.807) is 17.9 Å². The zero-order valence-electron chi connectivity index (χ0n) is 11.2. The fourth-order valence-corrected chi connectivity index (χ4v) is 2.64. The molecule has 7 heteroatoms. The molecule has 1 heterocycles. The van der Waals surface area contributed by atoms with Crippen LogP contribution in [0.25, 0.3) is 0 Å². The molecular weight excluding hydrogens is 278 g/mol. The monoisotopic (exact) mass is 295 g/mol. The molecule has 2 rings (SSSR count). The van der Waals surface area contributed by atoms with Gasteiger partial charge >= 0.3 is 12.0 Å². The third kappa shape index (κ3) is 3.36. The maximum absolute atomic E-state index is 12.2. The van der Waals surface area contributed by atoms with E-state index in [0.29, 0.717) is 17.6 Å². The Bertz CT molecular complexity index is 525. The minimum absolute atomic E-state index is 0.0104. The predicted octanol–water partition coefficient (Wildman–Crippen LogP) is 2.26. The van der Waals surface area contributed by atoms with Crippen molar-refractivity contribution in [2.45, 2.75) is 31.8 Å². The molecule has 0 saturated heterocycles. The second-order valence-corrected chi connectivity index (χ2v) is 5.61. The first-order valence-electron chi connectivity index (χ1n) is 6.39. The van der Waals surface area contributed by atoms with Crippen LogP contribution in [-0.4, -0.2) is 39.6 Å². The van der Waals surface area contributed by atoms with Crippen LogP contribution in [0.5, 0.6) is 0 Å². The number of hydrogen-bond donors (Lipinski definition) is 2. The van der Waals surface area contributed by atoms with Gasteiger partial charge in [0.2, 0.25) is 0 Å². The zero-order chi connectivity index (χ0) is 14.7. The molecule has 1 aromatic rings. The summed E-state index contributed by atoms with van der Waals surface area (Å²) in [7, 11) is 0. The molecule has 1 fully saturated rings. The second-order valence-electron chi connectivity index (χ2n) is 4.72. The van der Waals surface area contributed by atoms with Crippen LogP contribution in [0.2, 0.25) is 0 Å². The van der Waals surface area contributed by atoms with E-state index in [2.05, 4.69) is 16.9 Å². The summed E-state index contributed by atoms with van der Waals surface area (Å²) >= 11 is 1.23. The molecule has 0 radical (unpaired) electrons. The van der Waals surface area contributed by atoms with Crippen molar-refractivity contribution in [3.05, 3.63) is 28.7 Å². The van der Waals surface area contributed by atoms with Gasteiger partial charge in [-0.3, -0.25) is 0 Å². The highest BCUT2D eigenvalue weighted by Gasteiger charge is 2.32. The number of carbonyl (C=O) groups is 2. The molecule has 0 bridgehead atoms. The Balaban J connectivity index is 1.98. The molecule has 0 aliphatic heterocycles. The van der Waals surface area contributed by atoms with Crippen molar-refractivity contribution in [2.24, 2.45) is 0 Å². The summed E-state index contributed by atoms with van der Waals surface area (Å²) in [5.74, 6) is -1.06. The molecule has 6 nitrogen and oxygen atoms in total. The van der Waals surface area contributed by atoms with Gasteiger partial charge in [-0.15, -0.1) is 17.9 Å². The fraction of sp³-hybridized carbons (Fsp3) is 0.462. The van der Waals surface area contributed by atoms with Crippen LogP contribution in [0.4, 0.5) is 4.79 Å². The number of thiazole rings is 1. The number of carboxylic acid groups (broad SMARTS) is 1. The number of aromatic nitrogens is 1. The van der Waals surface area contributed by atoms with E-state index in [4.69, 9.17) is 5.11 Å². The molecule has 0 spiro atoms. The Morgan fingerprint density at radius 1 is 1.70 bits per heavy atom. The molecule has 1 aliphatic carbocycles. The molecule has 20 heavy (non-hydrogen) atoms. The summed E-state index contributed by atoms with van der Waals surface area (Å²) in [6, 6.07) is -0.176. The molecule has 1 saturated carbocycles. The third-order valence-corrected chi connectivity index (χ3v) is 4.05. The Morgan fingerprint density at radius 3 is 2.90 bits per heavy atom. The van der Waals surface area contributed by atoms with Crippen molar-refractivity contribution in [3.63, 3.8) is 0 Å². The number of hydrogen-bond acceptors (Lipinski definition) is 4. The van der Waals surface area contributed by atoms with Crippen LogP contribution in [0.15, 0.2) is 18.0 Å². The lowest BCUT2D eigenvalue weighted by molar-refractivity contribution is 0.0691. The van der Waals surface area contributed by atoms with E-state index in [9.17, 15) is 9.59 Å².